The number of carbonyl (C=O) groups is 1. The molecule has 5 heteroatoms. The second-order valence-corrected chi connectivity index (χ2v) is 7.83. The molecule has 0 spiro atoms. The van der Waals surface area contributed by atoms with Gasteiger partial charge >= 0.3 is 0 Å². The molecule has 2 aliphatic carbocycles. The van der Waals surface area contributed by atoms with Crippen LogP contribution in [0, 0.1) is 0 Å². The number of nitrogens with one attached hydrogen (secondary N) is 1. The molecule has 2 saturated carbocycles. The van der Waals surface area contributed by atoms with E-state index in [0.29, 0.717) is 25.9 Å². The highest BCUT2D eigenvalue weighted by Gasteiger charge is 2.36. The first kappa shape index (κ1) is 16.7. The zero-order valence-corrected chi connectivity index (χ0v) is 15.1. The number of carbonyl (C=O) groups excluding carboxylic acids is 1. The quantitative estimate of drug-likeness (QED) is 0.862. The van der Waals surface area contributed by atoms with Gasteiger partial charge in [-0.2, -0.15) is 0 Å². The summed E-state index contributed by atoms with van der Waals surface area (Å²) in [5.74, 6) is 1.80. The van der Waals surface area contributed by atoms with Gasteiger partial charge in [-0.1, -0.05) is 25.3 Å². The Labute approximate surface area is 149 Å². The summed E-state index contributed by atoms with van der Waals surface area (Å²) in [5.41, 5.74) is 1.29. The largest absolute Gasteiger partial charge is 0.454 e. The third kappa shape index (κ3) is 3.61. The summed E-state index contributed by atoms with van der Waals surface area (Å²) < 4.78 is 11.0. The summed E-state index contributed by atoms with van der Waals surface area (Å²) in [6.45, 7) is 1.52. The van der Waals surface area contributed by atoms with Crippen molar-refractivity contribution in [3.8, 4) is 11.5 Å². The van der Waals surface area contributed by atoms with Crippen LogP contribution in [0.5, 0.6) is 11.5 Å². The molecule has 0 bridgehead atoms. The molecule has 0 atom stereocenters. The molecule has 25 heavy (non-hydrogen) atoms. The lowest BCUT2D eigenvalue weighted by Crippen LogP contribution is -2.45. The van der Waals surface area contributed by atoms with Gasteiger partial charge < -0.3 is 14.8 Å². The Bertz CT molecular complexity index is 636. The van der Waals surface area contributed by atoms with Gasteiger partial charge in [-0.25, -0.2) is 0 Å². The number of rotatable bonds is 6. The predicted octanol–water partition coefficient (Wildman–Crippen LogP) is 2.83. The molecule has 1 aliphatic heterocycles. The number of amides is 1. The minimum atomic E-state index is 0.0209. The van der Waals surface area contributed by atoms with E-state index in [-0.39, 0.29) is 11.3 Å². The van der Waals surface area contributed by atoms with E-state index >= 15 is 0 Å². The molecule has 0 aromatic heterocycles. The number of fused-ring (bicyclic) bond motifs is 1. The Balaban J connectivity index is 1.46. The SMILES string of the molecule is CN(CC(=O)NCC1(c2ccc3c(c2)OCO3)CCCCC1)C1CC1. The number of hydrogen-bond acceptors (Lipinski definition) is 4. The number of nitrogens with zero attached hydrogens (tertiary/aromatic N) is 1. The highest BCUT2D eigenvalue weighted by molar-refractivity contribution is 5.78. The molecule has 0 radical (unpaired) electrons. The Hall–Kier alpha value is -1.75. The van der Waals surface area contributed by atoms with E-state index in [9.17, 15) is 4.79 Å². The molecule has 4 rings (SSSR count). The average molecular weight is 344 g/mol. The van der Waals surface area contributed by atoms with E-state index in [4.69, 9.17) is 9.47 Å². The summed E-state index contributed by atoms with van der Waals surface area (Å²) in [5, 5.41) is 3.22. The van der Waals surface area contributed by atoms with Crippen LogP contribution in [0.1, 0.15) is 50.5 Å². The molecular formula is C20H28N2O3. The zero-order valence-electron chi connectivity index (χ0n) is 15.1. The lowest BCUT2D eigenvalue weighted by atomic mass is 9.69. The van der Waals surface area contributed by atoms with E-state index in [1.54, 1.807) is 0 Å². The first-order valence-corrected chi connectivity index (χ1v) is 9.53. The van der Waals surface area contributed by atoms with Crippen LogP contribution in [-0.2, 0) is 10.2 Å². The van der Waals surface area contributed by atoms with Crippen LogP contribution in [0.25, 0.3) is 0 Å². The highest BCUT2D eigenvalue weighted by atomic mass is 16.7. The second-order valence-electron chi connectivity index (χ2n) is 7.83. The van der Waals surface area contributed by atoms with Gasteiger partial charge in [0, 0.05) is 18.0 Å². The average Bonchev–Trinajstić information content (AvgIpc) is 3.38. The number of ether oxygens (including phenoxy) is 2. The molecule has 1 heterocycles. The Morgan fingerprint density at radius 3 is 2.72 bits per heavy atom. The molecule has 0 saturated heterocycles. The lowest BCUT2D eigenvalue weighted by Gasteiger charge is -2.38. The molecule has 136 valence electrons. The van der Waals surface area contributed by atoms with Gasteiger partial charge in [0.2, 0.25) is 12.7 Å². The van der Waals surface area contributed by atoms with E-state index in [0.717, 1.165) is 24.3 Å². The molecule has 0 unspecified atom stereocenters. The van der Waals surface area contributed by atoms with Crippen molar-refractivity contribution in [2.75, 3.05) is 26.9 Å². The predicted molar refractivity (Wildman–Crippen MR) is 96.0 cm³/mol. The maximum absolute atomic E-state index is 12.4. The van der Waals surface area contributed by atoms with Gasteiger partial charge in [0.05, 0.1) is 6.54 Å². The highest BCUT2D eigenvalue weighted by Crippen LogP contribution is 2.43. The van der Waals surface area contributed by atoms with Gasteiger partial charge in [-0.3, -0.25) is 9.69 Å². The van der Waals surface area contributed by atoms with Crippen LogP contribution in [0.4, 0.5) is 0 Å². The van der Waals surface area contributed by atoms with Crippen molar-refractivity contribution in [1.82, 2.24) is 10.2 Å². The zero-order chi connectivity index (χ0) is 17.3. The number of hydrogen-bond donors (Lipinski definition) is 1. The molecular weight excluding hydrogens is 316 g/mol. The van der Waals surface area contributed by atoms with Crippen LogP contribution in [0.3, 0.4) is 0 Å². The first-order chi connectivity index (χ1) is 12.2. The summed E-state index contributed by atoms with van der Waals surface area (Å²) in [6.07, 6.45) is 8.40. The van der Waals surface area contributed by atoms with Crippen molar-refractivity contribution in [3.05, 3.63) is 23.8 Å². The van der Waals surface area contributed by atoms with Crippen molar-refractivity contribution in [1.29, 1.82) is 0 Å². The lowest BCUT2D eigenvalue weighted by molar-refractivity contribution is -0.122. The fraction of sp³-hybridized carbons (Fsp3) is 0.650. The van der Waals surface area contributed by atoms with Crippen LogP contribution in [0.2, 0.25) is 0 Å². The fourth-order valence-corrected chi connectivity index (χ4v) is 4.22. The monoisotopic (exact) mass is 344 g/mol. The van der Waals surface area contributed by atoms with E-state index in [1.807, 2.05) is 13.1 Å². The minimum Gasteiger partial charge on any atom is -0.454 e. The Morgan fingerprint density at radius 2 is 1.96 bits per heavy atom. The molecule has 1 aromatic carbocycles. The minimum absolute atomic E-state index is 0.0209. The third-order valence-electron chi connectivity index (χ3n) is 5.98. The van der Waals surface area contributed by atoms with E-state index in [1.165, 1.54) is 37.7 Å². The third-order valence-corrected chi connectivity index (χ3v) is 5.98. The molecule has 2 fully saturated rings. The summed E-state index contributed by atoms with van der Waals surface area (Å²) in [7, 11) is 2.05. The van der Waals surface area contributed by atoms with Gasteiger partial charge in [0.15, 0.2) is 11.5 Å². The van der Waals surface area contributed by atoms with Crippen molar-refractivity contribution >= 4 is 5.91 Å². The maximum Gasteiger partial charge on any atom is 0.234 e. The van der Waals surface area contributed by atoms with E-state index in [2.05, 4.69) is 22.3 Å². The van der Waals surface area contributed by atoms with Crippen molar-refractivity contribution < 1.29 is 14.3 Å². The van der Waals surface area contributed by atoms with Crippen molar-refractivity contribution in [3.63, 3.8) is 0 Å². The van der Waals surface area contributed by atoms with Crippen LogP contribution >= 0.6 is 0 Å². The van der Waals surface area contributed by atoms with Crippen LogP contribution < -0.4 is 14.8 Å². The summed E-state index contributed by atoms with van der Waals surface area (Å²) in [4.78, 5) is 14.6. The van der Waals surface area contributed by atoms with Gasteiger partial charge in [0.25, 0.3) is 0 Å². The molecule has 3 aliphatic rings. The molecule has 1 N–H and O–H groups in total. The Morgan fingerprint density at radius 1 is 1.20 bits per heavy atom. The number of benzene rings is 1. The summed E-state index contributed by atoms with van der Waals surface area (Å²) in [6, 6.07) is 6.90. The van der Waals surface area contributed by atoms with Crippen molar-refractivity contribution in [2.45, 2.75) is 56.4 Å². The van der Waals surface area contributed by atoms with Gasteiger partial charge in [0.1, 0.15) is 0 Å². The fourth-order valence-electron chi connectivity index (χ4n) is 4.22. The van der Waals surface area contributed by atoms with E-state index < -0.39 is 0 Å². The standard InChI is InChI=1S/C20H28N2O3/c1-22(16-6-7-16)12-19(23)21-13-20(9-3-2-4-10-20)15-5-8-17-18(11-15)25-14-24-17/h5,8,11,16H,2-4,6-7,9-10,12-14H2,1H3,(H,21,23). The van der Waals surface area contributed by atoms with Gasteiger partial charge in [-0.15, -0.1) is 0 Å². The van der Waals surface area contributed by atoms with Crippen LogP contribution in [0.15, 0.2) is 18.2 Å². The van der Waals surface area contributed by atoms with Crippen LogP contribution in [-0.4, -0.2) is 43.8 Å². The Kier molecular flexibility index (Phi) is 4.59. The molecule has 1 amide bonds. The first-order valence-electron chi connectivity index (χ1n) is 9.53. The van der Waals surface area contributed by atoms with Gasteiger partial charge in [-0.05, 0) is 50.4 Å². The molecule has 1 aromatic rings. The smallest absolute Gasteiger partial charge is 0.234 e. The van der Waals surface area contributed by atoms with Crippen molar-refractivity contribution in [2.24, 2.45) is 0 Å². The molecule has 5 nitrogen and oxygen atoms in total. The maximum atomic E-state index is 12.4. The normalized spacial score (nSPS) is 21.4. The summed E-state index contributed by atoms with van der Waals surface area (Å²) >= 11 is 0. The second kappa shape index (κ2) is 6.87. The topological polar surface area (TPSA) is 50.8 Å². The number of likely N-dealkylation sites (N-methyl/N-ethyl adjacent to an activating group) is 1.